The molecule has 14 heavy (non-hydrogen) atoms. The first kappa shape index (κ1) is 10.9. The van der Waals surface area contributed by atoms with Crippen LogP contribution < -0.4 is 5.32 Å². The average molecular weight is 228 g/mol. The molecule has 1 rings (SSSR count). The minimum absolute atomic E-state index is 0.0545. The standard InChI is InChI=1S/C8H8N2O2S2/c1-14-8(13)9-6-3-2-4-7(5-6)10(11)12/h2-5H,1H3,(H,9,13). The molecule has 0 aliphatic heterocycles. The van der Waals surface area contributed by atoms with Gasteiger partial charge in [0.1, 0.15) is 4.32 Å². The van der Waals surface area contributed by atoms with Crippen molar-refractivity contribution >= 4 is 39.7 Å². The highest BCUT2D eigenvalue weighted by atomic mass is 32.2. The number of thiocarbonyl (C=S) groups is 1. The molecule has 0 bridgehead atoms. The maximum absolute atomic E-state index is 10.4. The molecule has 0 aliphatic rings. The summed E-state index contributed by atoms with van der Waals surface area (Å²) in [6, 6.07) is 6.23. The molecule has 0 saturated heterocycles. The van der Waals surface area contributed by atoms with E-state index >= 15 is 0 Å². The summed E-state index contributed by atoms with van der Waals surface area (Å²) < 4.78 is 0.588. The SMILES string of the molecule is CSC(=S)Nc1cccc([N+](=O)[O-])c1. The number of hydrogen-bond acceptors (Lipinski definition) is 4. The highest BCUT2D eigenvalue weighted by Gasteiger charge is 2.05. The molecule has 1 aromatic rings. The first-order valence-corrected chi connectivity index (χ1v) is 5.36. The van der Waals surface area contributed by atoms with Gasteiger partial charge in [0.05, 0.1) is 4.92 Å². The van der Waals surface area contributed by atoms with Crippen molar-refractivity contribution < 1.29 is 4.92 Å². The van der Waals surface area contributed by atoms with Crippen LogP contribution >= 0.6 is 24.0 Å². The predicted octanol–water partition coefficient (Wildman–Crippen LogP) is 2.65. The lowest BCUT2D eigenvalue weighted by atomic mass is 10.3. The highest BCUT2D eigenvalue weighted by Crippen LogP contribution is 2.18. The van der Waals surface area contributed by atoms with Crippen LogP contribution in [0.15, 0.2) is 24.3 Å². The van der Waals surface area contributed by atoms with E-state index in [1.165, 1.54) is 23.9 Å². The molecule has 0 aromatic heterocycles. The largest absolute Gasteiger partial charge is 0.341 e. The number of hydrogen-bond donors (Lipinski definition) is 1. The van der Waals surface area contributed by atoms with Crippen molar-refractivity contribution in [3.05, 3.63) is 34.4 Å². The molecule has 74 valence electrons. The van der Waals surface area contributed by atoms with E-state index < -0.39 is 4.92 Å². The second-order valence-electron chi connectivity index (χ2n) is 2.42. The maximum atomic E-state index is 10.4. The van der Waals surface area contributed by atoms with Crippen LogP contribution in [0, 0.1) is 10.1 Å². The lowest BCUT2D eigenvalue weighted by Gasteiger charge is -2.03. The van der Waals surface area contributed by atoms with Gasteiger partial charge in [-0.25, -0.2) is 0 Å². The van der Waals surface area contributed by atoms with Crippen molar-refractivity contribution in [2.45, 2.75) is 0 Å². The van der Waals surface area contributed by atoms with Gasteiger partial charge in [0.25, 0.3) is 5.69 Å². The summed E-state index contributed by atoms with van der Waals surface area (Å²) in [5.41, 5.74) is 0.692. The normalized spacial score (nSPS) is 9.50. The van der Waals surface area contributed by atoms with Crippen molar-refractivity contribution in [1.29, 1.82) is 0 Å². The Morgan fingerprint density at radius 3 is 2.93 bits per heavy atom. The number of anilines is 1. The lowest BCUT2D eigenvalue weighted by Crippen LogP contribution is -2.03. The van der Waals surface area contributed by atoms with E-state index in [1.54, 1.807) is 12.1 Å². The van der Waals surface area contributed by atoms with E-state index in [9.17, 15) is 10.1 Å². The van der Waals surface area contributed by atoms with Crippen LogP contribution in [0.25, 0.3) is 0 Å². The smallest absolute Gasteiger partial charge is 0.271 e. The summed E-state index contributed by atoms with van der Waals surface area (Å²) >= 11 is 6.31. The zero-order valence-corrected chi connectivity index (χ0v) is 9.02. The van der Waals surface area contributed by atoms with Crippen molar-refractivity contribution in [3.63, 3.8) is 0 Å². The van der Waals surface area contributed by atoms with Gasteiger partial charge in [-0.1, -0.05) is 18.3 Å². The monoisotopic (exact) mass is 228 g/mol. The zero-order valence-electron chi connectivity index (χ0n) is 7.39. The van der Waals surface area contributed by atoms with Crippen LogP contribution in [-0.2, 0) is 0 Å². The number of thioether (sulfide) groups is 1. The summed E-state index contributed by atoms with van der Waals surface area (Å²) in [5, 5.41) is 13.3. The summed E-state index contributed by atoms with van der Waals surface area (Å²) in [6.07, 6.45) is 1.84. The van der Waals surface area contributed by atoms with E-state index in [0.29, 0.717) is 10.0 Å². The molecule has 1 aromatic carbocycles. The van der Waals surface area contributed by atoms with Gasteiger partial charge in [-0.3, -0.25) is 10.1 Å². The molecule has 0 atom stereocenters. The van der Waals surface area contributed by atoms with Crippen LogP contribution in [0.2, 0.25) is 0 Å². The Hall–Kier alpha value is -1.14. The van der Waals surface area contributed by atoms with E-state index in [2.05, 4.69) is 5.32 Å². The molecule has 1 N–H and O–H groups in total. The molecule has 0 saturated carbocycles. The summed E-state index contributed by atoms with van der Waals surface area (Å²) in [5.74, 6) is 0. The molecule has 0 fully saturated rings. The summed E-state index contributed by atoms with van der Waals surface area (Å²) in [4.78, 5) is 10.0. The van der Waals surface area contributed by atoms with Crippen LogP contribution in [0.5, 0.6) is 0 Å². The fraction of sp³-hybridized carbons (Fsp3) is 0.125. The molecule has 0 radical (unpaired) electrons. The van der Waals surface area contributed by atoms with Gasteiger partial charge in [0, 0.05) is 17.8 Å². The molecular weight excluding hydrogens is 220 g/mol. The Bertz CT molecular complexity index is 368. The van der Waals surface area contributed by atoms with E-state index in [1.807, 2.05) is 6.26 Å². The predicted molar refractivity (Wildman–Crippen MR) is 62.8 cm³/mol. The van der Waals surface area contributed by atoms with Gasteiger partial charge in [0.15, 0.2) is 0 Å². The van der Waals surface area contributed by atoms with E-state index in [-0.39, 0.29) is 5.69 Å². The van der Waals surface area contributed by atoms with Crippen molar-refractivity contribution in [1.82, 2.24) is 0 Å². The minimum Gasteiger partial charge on any atom is -0.341 e. The second-order valence-corrected chi connectivity index (χ2v) is 3.91. The van der Waals surface area contributed by atoms with Gasteiger partial charge >= 0.3 is 0 Å². The molecule has 0 heterocycles. The van der Waals surface area contributed by atoms with Crippen LogP contribution in [0.4, 0.5) is 11.4 Å². The average Bonchev–Trinajstić information content (AvgIpc) is 2.18. The summed E-state index contributed by atoms with van der Waals surface area (Å²) in [6.45, 7) is 0. The minimum atomic E-state index is -0.437. The number of nitrogens with one attached hydrogen (secondary N) is 1. The Labute approximate surface area is 90.8 Å². The van der Waals surface area contributed by atoms with Gasteiger partial charge in [0.2, 0.25) is 0 Å². The first-order chi connectivity index (χ1) is 6.63. The Morgan fingerprint density at radius 1 is 1.64 bits per heavy atom. The summed E-state index contributed by atoms with van der Waals surface area (Å²) in [7, 11) is 0. The zero-order chi connectivity index (χ0) is 10.6. The third-order valence-corrected chi connectivity index (χ3v) is 2.56. The molecule has 0 unspecified atom stereocenters. The van der Waals surface area contributed by atoms with Crippen molar-refractivity contribution in [2.24, 2.45) is 0 Å². The van der Waals surface area contributed by atoms with E-state index in [4.69, 9.17) is 12.2 Å². The number of nitro groups is 1. The third-order valence-electron chi connectivity index (χ3n) is 1.49. The van der Waals surface area contributed by atoms with Crippen LogP contribution in [0.3, 0.4) is 0 Å². The molecular formula is C8H8N2O2S2. The fourth-order valence-electron chi connectivity index (χ4n) is 0.866. The van der Waals surface area contributed by atoms with Gasteiger partial charge in [-0.2, -0.15) is 0 Å². The quantitative estimate of drug-likeness (QED) is 0.479. The molecule has 0 aliphatic carbocycles. The first-order valence-electron chi connectivity index (χ1n) is 3.73. The number of benzene rings is 1. The number of nitro benzene ring substituents is 1. The van der Waals surface area contributed by atoms with Gasteiger partial charge in [-0.05, 0) is 12.3 Å². The van der Waals surface area contributed by atoms with Gasteiger partial charge in [-0.15, -0.1) is 11.8 Å². The third kappa shape index (κ3) is 2.97. The Morgan fingerprint density at radius 2 is 2.36 bits per heavy atom. The molecule has 6 heteroatoms. The Kier molecular flexibility index (Phi) is 3.84. The van der Waals surface area contributed by atoms with Crippen molar-refractivity contribution in [2.75, 3.05) is 11.6 Å². The number of rotatable bonds is 2. The molecule has 0 spiro atoms. The number of non-ortho nitro benzene ring substituents is 1. The van der Waals surface area contributed by atoms with Crippen molar-refractivity contribution in [3.8, 4) is 0 Å². The fourth-order valence-corrected chi connectivity index (χ4v) is 1.20. The van der Waals surface area contributed by atoms with E-state index in [0.717, 1.165) is 0 Å². The molecule has 4 nitrogen and oxygen atoms in total. The topological polar surface area (TPSA) is 55.2 Å². The maximum Gasteiger partial charge on any atom is 0.271 e. The second kappa shape index (κ2) is 4.92. The highest BCUT2D eigenvalue weighted by molar-refractivity contribution is 8.22. The van der Waals surface area contributed by atoms with Crippen LogP contribution in [0.1, 0.15) is 0 Å². The number of nitrogens with zero attached hydrogens (tertiary/aromatic N) is 1. The lowest BCUT2D eigenvalue weighted by molar-refractivity contribution is -0.384. The van der Waals surface area contributed by atoms with Gasteiger partial charge < -0.3 is 5.32 Å². The Balaban J connectivity index is 2.83. The molecule has 0 amide bonds. The van der Waals surface area contributed by atoms with Crippen LogP contribution in [-0.4, -0.2) is 15.5 Å².